The number of rotatable bonds is 19. The number of unbranched alkanes of at least 4 members (excludes halogenated alkanes) is 14. The van der Waals surface area contributed by atoms with Crippen LogP contribution < -0.4 is 0 Å². The SMILES string of the molecule is CCCCCCCCCCC(CCCCCCCCCC)N(C)O. The molecule has 0 aliphatic rings. The first-order chi connectivity index (χ1) is 11.7. The van der Waals surface area contributed by atoms with Crippen LogP contribution in [0.4, 0.5) is 0 Å². The molecule has 0 rings (SSSR count). The van der Waals surface area contributed by atoms with Gasteiger partial charge in [0.1, 0.15) is 0 Å². The maximum Gasteiger partial charge on any atom is 0.0347 e. The molecule has 0 radical (unpaired) electrons. The summed E-state index contributed by atoms with van der Waals surface area (Å²) in [6.07, 6.45) is 24.2. The van der Waals surface area contributed by atoms with E-state index < -0.39 is 0 Å². The van der Waals surface area contributed by atoms with E-state index in [4.69, 9.17) is 0 Å². The topological polar surface area (TPSA) is 23.5 Å². The van der Waals surface area contributed by atoms with Crippen LogP contribution in [0.1, 0.15) is 129 Å². The Morgan fingerprint density at radius 1 is 0.542 bits per heavy atom. The lowest BCUT2D eigenvalue weighted by atomic mass is 9.99. The summed E-state index contributed by atoms with van der Waals surface area (Å²) in [5.41, 5.74) is 0. The Bertz CT molecular complexity index is 210. The highest BCUT2D eigenvalue weighted by Crippen LogP contribution is 2.17. The van der Waals surface area contributed by atoms with Crippen LogP contribution in [0.15, 0.2) is 0 Å². The molecule has 1 N–H and O–H groups in total. The molecule has 0 saturated heterocycles. The lowest BCUT2D eigenvalue weighted by Crippen LogP contribution is -2.28. The van der Waals surface area contributed by atoms with E-state index in [9.17, 15) is 5.21 Å². The zero-order valence-electron chi connectivity index (χ0n) is 17.2. The van der Waals surface area contributed by atoms with Gasteiger partial charge in [-0.1, -0.05) is 117 Å². The monoisotopic (exact) mass is 341 g/mol. The van der Waals surface area contributed by atoms with Gasteiger partial charge in [-0.3, -0.25) is 0 Å². The molecule has 0 fully saturated rings. The summed E-state index contributed by atoms with van der Waals surface area (Å²) in [7, 11) is 1.83. The van der Waals surface area contributed by atoms with Crippen LogP contribution in [0, 0.1) is 0 Å². The Kier molecular flexibility index (Phi) is 19.2. The Hall–Kier alpha value is -0.0800. The molecule has 0 aromatic carbocycles. The van der Waals surface area contributed by atoms with Crippen LogP contribution in [0.2, 0.25) is 0 Å². The van der Waals surface area contributed by atoms with E-state index in [1.54, 1.807) is 0 Å². The number of nitrogens with zero attached hydrogens (tertiary/aromatic N) is 1. The van der Waals surface area contributed by atoms with Gasteiger partial charge in [0.2, 0.25) is 0 Å². The molecule has 0 spiro atoms. The van der Waals surface area contributed by atoms with Crippen molar-refractivity contribution >= 4 is 0 Å². The summed E-state index contributed by atoms with van der Waals surface area (Å²) in [4.78, 5) is 0. The third kappa shape index (κ3) is 16.8. The predicted molar refractivity (Wildman–Crippen MR) is 108 cm³/mol. The van der Waals surface area contributed by atoms with Crippen molar-refractivity contribution in [3.8, 4) is 0 Å². The van der Waals surface area contributed by atoms with Crippen molar-refractivity contribution in [2.45, 2.75) is 135 Å². The fourth-order valence-electron chi connectivity index (χ4n) is 3.55. The van der Waals surface area contributed by atoms with E-state index >= 15 is 0 Å². The number of hydrogen-bond acceptors (Lipinski definition) is 2. The highest BCUT2D eigenvalue weighted by atomic mass is 16.5. The summed E-state index contributed by atoms with van der Waals surface area (Å²) in [5.74, 6) is 0. The van der Waals surface area contributed by atoms with Gasteiger partial charge in [-0.2, -0.15) is 5.06 Å². The van der Waals surface area contributed by atoms with Crippen LogP contribution in [-0.4, -0.2) is 23.4 Å². The van der Waals surface area contributed by atoms with Gasteiger partial charge in [-0.15, -0.1) is 0 Å². The minimum absolute atomic E-state index is 0.380. The van der Waals surface area contributed by atoms with Crippen LogP contribution in [0.5, 0.6) is 0 Å². The summed E-state index contributed by atoms with van der Waals surface area (Å²) < 4.78 is 0. The van der Waals surface area contributed by atoms with Gasteiger partial charge >= 0.3 is 0 Å². The zero-order valence-corrected chi connectivity index (χ0v) is 17.2. The van der Waals surface area contributed by atoms with Gasteiger partial charge in [-0.05, 0) is 12.8 Å². The Morgan fingerprint density at radius 2 is 0.833 bits per heavy atom. The molecular formula is C22H47NO. The lowest BCUT2D eigenvalue weighted by Gasteiger charge is -2.22. The minimum atomic E-state index is 0.380. The first-order valence-electron chi connectivity index (χ1n) is 11.1. The molecule has 0 amide bonds. The quantitative estimate of drug-likeness (QED) is 0.192. The smallest absolute Gasteiger partial charge is 0.0347 e. The second-order valence-electron chi connectivity index (χ2n) is 7.75. The molecule has 0 saturated carbocycles. The zero-order chi connectivity index (χ0) is 17.9. The second-order valence-corrected chi connectivity index (χ2v) is 7.75. The number of hydrogen-bond donors (Lipinski definition) is 1. The van der Waals surface area contributed by atoms with E-state index in [0.29, 0.717) is 6.04 Å². The fourth-order valence-corrected chi connectivity index (χ4v) is 3.55. The van der Waals surface area contributed by atoms with Crippen molar-refractivity contribution in [2.24, 2.45) is 0 Å². The molecule has 0 aliphatic carbocycles. The average molecular weight is 342 g/mol. The summed E-state index contributed by atoms with van der Waals surface area (Å²) in [6.45, 7) is 4.55. The van der Waals surface area contributed by atoms with Gasteiger partial charge in [0, 0.05) is 13.1 Å². The van der Waals surface area contributed by atoms with Gasteiger partial charge in [0.15, 0.2) is 0 Å². The molecule has 0 atom stereocenters. The van der Waals surface area contributed by atoms with E-state index in [-0.39, 0.29) is 0 Å². The Balaban J connectivity index is 3.47. The molecule has 0 aromatic rings. The molecule has 0 bridgehead atoms. The lowest BCUT2D eigenvalue weighted by molar-refractivity contribution is -0.107. The molecule has 0 unspecified atom stereocenters. The van der Waals surface area contributed by atoms with Crippen LogP contribution in [-0.2, 0) is 0 Å². The predicted octanol–water partition coefficient (Wildman–Crippen LogP) is 7.74. The van der Waals surface area contributed by atoms with Crippen LogP contribution >= 0.6 is 0 Å². The minimum Gasteiger partial charge on any atom is -0.314 e. The maximum absolute atomic E-state index is 9.85. The van der Waals surface area contributed by atoms with E-state index in [1.807, 2.05) is 7.05 Å². The van der Waals surface area contributed by atoms with E-state index in [0.717, 1.165) is 0 Å². The summed E-state index contributed by atoms with van der Waals surface area (Å²) >= 11 is 0. The second kappa shape index (κ2) is 19.2. The normalized spacial score (nSPS) is 11.8. The summed E-state index contributed by atoms with van der Waals surface area (Å²) in [5, 5.41) is 11.3. The third-order valence-corrected chi connectivity index (χ3v) is 5.31. The fraction of sp³-hybridized carbons (Fsp3) is 1.00. The largest absolute Gasteiger partial charge is 0.314 e. The number of hydroxylamine groups is 2. The molecule has 0 aliphatic heterocycles. The Morgan fingerprint density at radius 3 is 1.12 bits per heavy atom. The van der Waals surface area contributed by atoms with Gasteiger partial charge in [0.05, 0.1) is 0 Å². The molecule has 0 heterocycles. The highest BCUT2D eigenvalue weighted by molar-refractivity contribution is 4.64. The maximum atomic E-state index is 9.85. The molecule has 2 heteroatoms. The first-order valence-corrected chi connectivity index (χ1v) is 11.1. The molecule has 146 valence electrons. The van der Waals surface area contributed by atoms with Gasteiger partial charge in [-0.25, -0.2) is 0 Å². The van der Waals surface area contributed by atoms with Gasteiger partial charge in [0.25, 0.3) is 0 Å². The standard InChI is InChI=1S/C22H47NO/c1-4-6-8-10-12-14-16-18-20-22(23(3)24)21-19-17-15-13-11-9-7-5-2/h22,24H,4-21H2,1-3H3. The molecular weight excluding hydrogens is 294 g/mol. The van der Waals surface area contributed by atoms with Crippen molar-refractivity contribution in [2.75, 3.05) is 7.05 Å². The van der Waals surface area contributed by atoms with Crippen molar-refractivity contribution < 1.29 is 5.21 Å². The van der Waals surface area contributed by atoms with Crippen LogP contribution in [0.3, 0.4) is 0 Å². The van der Waals surface area contributed by atoms with Crippen molar-refractivity contribution in [1.82, 2.24) is 5.06 Å². The van der Waals surface area contributed by atoms with Crippen molar-refractivity contribution in [3.05, 3.63) is 0 Å². The average Bonchev–Trinajstić information content (AvgIpc) is 2.57. The van der Waals surface area contributed by atoms with Gasteiger partial charge < -0.3 is 5.21 Å². The highest BCUT2D eigenvalue weighted by Gasteiger charge is 2.12. The van der Waals surface area contributed by atoms with E-state index in [1.165, 1.54) is 121 Å². The molecule has 0 aromatic heterocycles. The Labute approximate surface area is 153 Å². The third-order valence-electron chi connectivity index (χ3n) is 5.31. The van der Waals surface area contributed by atoms with E-state index in [2.05, 4.69) is 13.8 Å². The summed E-state index contributed by atoms with van der Waals surface area (Å²) in [6, 6.07) is 0.380. The molecule has 2 nitrogen and oxygen atoms in total. The first kappa shape index (κ1) is 23.9. The van der Waals surface area contributed by atoms with Crippen molar-refractivity contribution in [1.29, 1.82) is 0 Å². The van der Waals surface area contributed by atoms with Crippen LogP contribution in [0.25, 0.3) is 0 Å². The molecule has 24 heavy (non-hydrogen) atoms. The van der Waals surface area contributed by atoms with Crippen molar-refractivity contribution in [3.63, 3.8) is 0 Å².